The Morgan fingerprint density at radius 1 is 1.15 bits per heavy atom. The van der Waals surface area contributed by atoms with Gasteiger partial charge in [0.1, 0.15) is 12.4 Å². The summed E-state index contributed by atoms with van der Waals surface area (Å²) in [7, 11) is 2.17. The molecule has 4 atom stereocenters. The molecule has 0 radical (unpaired) electrons. The number of aromatic nitrogens is 2. The van der Waals surface area contributed by atoms with E-state index in [-0.39, 0.29) is 11.9 Å². The van der Waals surface area contributed by atoms with Crippen LogP contribution in [0.3, 0.4) is 0 Å². The number of fused-ring (bicyclic) bond motifs is 2. The summed E-state index contributed by atoms with van der Waals surface area (Å²) in [5, 5.41) is 0. The average Bonchev–Trinajstić information content (AvgIpc) is 3.64. The Labute approximate surface area is 245 Å². The summed E-state index contributed by atoms with van der Waals surface area (Å²) in [6, 6.07) is 7.70. The first-order valence-electron chi connectivity index (χ1n) is 15.4. The molecule has 1 amide bonds. The van der Waals surface area contributed by atoms with Gasteiger partial charge in [-0.3, -0.25) is 4.79 Å². The van der Waals surface area contributed by atoms with Crippen molar-refractivity contribution in [2.45, 2.75) is 76.3 Å². The quantitative estimate of drug-likeness (QED) is 0.379. The summed E-state index contributed by atoms with van der Waals surface area (Å²) in [5.41, 5.74) is 6.96. The second-order valence-corrected chi connectivity index (χ2v) is 12.4. The molecular formula is C34H43N5O2. The molecule has 1 aromatic heterocycles. The average molecular weight is 554 g/mol. The topological polar surface area (TPSA) is 61.8 Å². The molecule has 1 aromatic carbocycles. The third-order valence-electron chi connectivity index (χ3n) is 9.93. The molecule has 0 spiro atoms. The molecular weight excluding hydrogens is 510 g/mol. The van der Waals surface area contributed by atoms with E-state index in [0.29, 0.717) is 56.6 Å². The van der Waals surface area contributed by atoms with Crippen LogP contribution in [0.5, 0.6) is 6.01 Å². The molecule has 2 fully saturated rings. The zero-order valence-electron chi connectivity index (χ0n) is 24.6. The molecule has 2 saturated heterocycles. The summed E-state index contributed by atoms with van der Waals surface area (Å²) in [6.07, 6.45) is 15.4. The van der Waals surface area contributed by atoms with Gasteiger partial charge in [-0.25, -0.2) is 0 Å². The van der Waals surface area contributed by atoms with E-state index in [1.807, 2.05) is 4.90 Å². The lowest BCUT2D eigenvalue weighted by molar-refractivity contribution is -0.128. The van der Waals surface area contributed by atoms with Crippen LogP contribution in [0.15, 0.2) is 30.9 Å². The minimum absolute atomic E-state index is 0.0637. The summed E-state index contributed by atoms with van der Waals surface area (Å²) < 4.78 is 6.35. The molecule has 3 heterocycles. The van der Waals surface area contributed by atoms with Gasteiger partial charge in [-0.05, 0) is 93.1 Å². The number of carbonyl (C=O) groups excluding carboxylic acids is 1. The van der Waals surface area contributed by atoms with Gasteiger partial charge in [0, 0.05) is 37.7 Å². The molecule has 0 unspecified atom stereocenters. The number of benzene rings is 1. The molecule has 2 aromatic rings. The number of carbonyl (C=O) groups is 1. The van der Waals surface area contributed by atoms with Gasteiger partial charge in [0.25, 0.3) is 0 Å². The SMILES string of the molecule is C#CC[C@H]1CN(c2nc(OC[C@@H]3CCCN3C)nc3c2C[C@H](C)[C@@H](c2cccc4c2CCC4)C3)CCN1C(=O)C=C. The van der Waals surface area contributed by atoms with Crippen molar-refractivity contribution in [1.29, 1.82) is 0 Å². The number of rotatable bonds is 7. The third kappa shape index (κ3) is 5.47. The van der Waals surface area contributed by atoms with Crippen molar-refractivity contribution in [1.82, 2.24) is 19.8 Å². The number of nitrogens with zero attached hydrogens (tertiary/aromatic N) is 5. The lowest BCUT2D eigenvalue weighted by Gasteiger charge is -2.42. The van der Waals surface area contributed by atoms with E-state index < -0.39 is 0 Å². The van der Waals surface area contributed by atoms with Crippen LogP contribution in [-0.4, -0.2) is 77.6 Å². The highest BCUT2D eigenvalue weighted by molar-refractivity contribution is 5.87. The van der Waals surface area contributed by atoms with Crippen molar-refractivity contribution < 1.29 is 9.53 Å². The van der Waals surface area contributed by atoms with Crippen LogP contribution in [0.25, 0.3) is 0 Å². The predicted molar refractivity (Wildman–Crippen MR) is 162 cm³/mol. The molecule has 4 aliphatic rings. The summed E-state index contributed by atoms with van der Waals surface area (Å²) in [6.45, 7) is 9.71. The van der Waals surface area contributed by atoms with Crippen molar-refractivity contribution >= 4 is 11.7 Å². The third-order valence-corrected chi connectivity index (χ3v) is 9.93. The Kier molecular flexibility index (Phi) is 8.03. The van der Waals surface area contributed by atoms with Gasteiger partial charge in [0.2, 0.25) is 5.91 Å². The van der Waals surface area contributed by atoms with E-state index in [1.54, 1.807) is 5.56 Å². The highest BCUT2D eigenvalue weighted by Crippen LogP contribution is 2.43. The van der Waals surface area contributed by atoms with Crippen LogP contribution < -0.4 is 9.64 Å². The highest BCUT2D eigenvalue weighted by Gasteiger charge is 2.36. The van der Waals surface area contributed by atoms with Crippen LogP contribution in [-0.2, 0) is 30.5 Å². The molecule has 216 valence electrons. The normalized spacial score (nSPS) is 25.9. The maximum absolute atomic E-state index is 12.6. The Balaban J connectivity index is 1.33. The van der Waals surface area contributed by atoms with Gasteiger partial charge < -0.3 is 19.4 Å². The maximum atomic E-state index is 12.6. The number of likely N-dealkylation sites (N-methyl/N-ethyl adjacent to an activating group) is 1. The van der Waals surface area contributed by atoms with E-state index in [2.05, 4.69) is 54.5 Å². The van der Waals surface area contributed by atoms with Crippen LogP contribution in [0.2, 0.25) is 0 Å². The van der Waals surface area contributed by atoms with E-state index in [1.165, 1.54) is 48.4 Å². The predicted octanol–water partition coefficient (Wildman–Crippen LogP) is 4.18. The molecule has 0 N–H and O–H groups in total. The van der Waals surface area contributed by atoms with Gasteiger partial charge in [0.15, 0.2) is 0 Å². The smallest absolute Gasteiger partial charge is 0.318 e. The summed E-state index contributed by atoms with van der Waals surface area (Å²) in [4.78, 5) is 29.3. The van der Waals surface area contributed by atoms with Crippen molar-refractivity contribution in [3.63, 3.8) is 0 Å². The fourth-order valence-corrected chi connectivity index (χ4v) is 7.61. The maximum Gasteiger partial charge on any atom is 0.318 e. The summed E-state index contributed by atoms with van der Waals surface area (Å²) >= 11 is 0. The fraction of sp³-hybridized carbons (Fsp3) is 0.559. The van der Waals surface area contributed by atoms with Gasteiger partial charge in [-0.2, -0.15) is 9.97 Å². The number of ether oxygens (including phenoxy) is 1. The fourth-order valence-electron chi connectivity index (χ4n) is 7.61. The van der Waals surface area contributed by atoms with Gasteiger partial charge in [0.05, 0.1) is 11.7 Å². The number of aryl methyl sites for hydroxylation is 1. The molecule has 0 saturated carbocycles. The summed E-state index contributed by atoms with van der Waals surface area (Å²) in [5.74, 6) is 4.58. The van der Waals surface area contributed by atoms with Crippen LogP contribution in [0.4, 0.5) is 5.82 Å². The minimum Gasteiger partial charge on any atom is -0.462 e. The number of anilines is 1. The lowest BCUT2D eigenvalue weighted by Crippen LogP contribution is -2.55. The van der Waals surface area contributed by atoms with Crippen LogP contribution >= 0.6 is 0 Å². The number of piperazine rings is 1. The first kappa shape index (κ1) is 27.8. The van der Waals surface area contributed by atoms with Crippen molar-refractivity contribution in [3.8, 4) is 18.4 Å². The van der Waals surface area contributed by atoms with Gasteiger partial charge >= 0.3 is 6.01 Å². The van der Waals surface area contributed by atoms with E-state index >= 15 is 0 Å². The van der Waals surface area contributed by atoms with Crippen LogP contribution in [0.1, 0.15) is 66.5 Å². The van der Waals surface area contributed by atoms with Crippen molar-refractivity contribution in [2.75, 3.05) is 44.7 Å². The van der Waals surface area contributed by atoms with Crippen molar-refractivity contribution in [3.05, 3.63) is 58.8 Å². The second-order valence-electron chi connectivity index (χ2n) is 12.4. The van der Waals surface area contributed by atoms with Gasteiger partial charge in [-0.1, -0.05) is 31.7 Å². The Bertz CT molecular complexity index is 1350. The number of amides is 1. The highest BCUT2D eigenvalue weighted by atomic mass is 16.5. The minimum atomic E-state index is -0.0814. The number of likely N-dealkylation sites (tertiary alicyclic amines) is 1. The number of terminal acetylenes is 1. The molecule has 2 aliphatic heterocycles. The first-order valence-corrected chi connectivity index (χ1v) is 15.4. The Morgan fingerprint density at radius 2 is 2.02 bits per heavy atom. The van der Waals surface area contributed by atoms with E-state index in [4.69, 9.17) is 21.1 Å². The zero-order chi connectivity index (χ0) is 28.5. The number of hydrogen-bond acceptors (Lipinski definition) is 6. The molecule has 6 rings (SSSR count). The second kappa shape index (κ2) is 11.9. The molecule has 0 bridgehead atoms. The van der Waals surface area contributed by atoms with Crippen molar-refractivity contribution in [2.24, 2.45) is 5.92 Å². The standard InChI is InChI=1S/C34H43N5O2/c1-5-10-25-21-38(17-18-39(25)32(40)6-2)33-30-19-23(3)29(28-15-8-12-24-11-7-14-27(24)28)20-31(30)35-34(36-33)41-22-26-13-9-16-37(26)4/h1,6,8,12,15,23,25-26,29H,2,7,9-11,13-14,16-22H2,3-4H3/t23-,25-,26-,29-/m0/s1. The van der Waals surface area contributed by atoms with Gasteiger partial charge in [-0.15, -0.1) is 12.3 Å². The first-order chi connectivity index (χ1) is 20.0. The lowest BCUT2D eigenvalue weighted by atomic mass is 9.73. The van der Waals surface area contributed by atoms with E-state index in [0.717, 1.165) is 37.3 Å². The van der Waals surface area contributed by atoms with E-state index in [9.17, 15) is 4.79 Å². The molecule has 41 heavy (non-hydrogen) atoms. The number of hydrogen-bond donors (Lipinski definition) is 0. The molecule has 2 aliphatic carbocycles. The van der Waals surface area contributed by atoms with Crippen LogP contribution in [0, 0.1) is 18.3 Å². The molecule has 7 nitrogen and oxygen atoms in total. The Morgan fingerprint density at radius 3 is 2.80 bits per heavy atom. The monoisotopic (exact) mass is 553 g/mol. The Hall–Kier alpha value is -3.37. The molecule has 7 heteroatoms. The largest absolute Gasteiger partial charge is 0.462 e. The zero-order valence-corrected chi connectivity index (χ0v) is 24.6.